The number of hydrogen-bond donors (Lipinski definition) is 1. The van der Waals surface area contributed by atoms with Crippen molar-refractivity contribution in [2.45, 2.75) is 75.9 Å². The summed E-state index contributed by atoms with van der Waals surface area (Å²) >= 11 is 0. The number of unbranched alkanes of at least 4 members (excludes halogenated alkanes) is 1. The van der Waals surface area contributed by atoms with Gasteiger partial charge in [0.2, 0.25) is 8.41 Å². The molecule has 12 nitrogen and oxygen atoms in total. The number of benzene rings is 2. The molecule has 0 aliphatic carbocycles. The van der Waals surface area contributed by atoms with Gasteiger partial charge in [0.25, 0.3) is 11.5 Å². The number of fused-ring (bicyclic) bond motifs is 3. The molecule has 4 aromatic rings. The summed E-state index contributed by atoms with van der Waals surface area (Å²) in [6.45, 7) is 5.87. The first-order valence-electron chi connectivity index (χ1n) is 16.4. The number of nitrogens with zero attached hydrogens (tertiary/aromatic N) is 6. The number of halogens is 1. The summed E-state index contributed by atoms with van der Waals surface area (Å²) in [5.74, 6) is -1.13. The number of esters is 1. The molecule has 1 fully saturated rings. The Morgan fingerprint density at radius 3 is 2.69 bits per heavy atom. The van der Waals surface area contributed by atoms with Crippen LogP contribution in [-0.2, 0) is 37.6 Å². The van der Waals surface area contributed by atoms with Gasteiger partial charge in [-0.25, -0.2) is 0 Å². The first-order valence-corrected chi connectivity index (χ1v) is 19.3. The van der Waals surface area contributed by atoms with Crippen molar-refractivity contribution in [2.24, 2.45) is 5.92 Å². The summed E-state index contributed by atoms with van der Waals surface area (Å²) in [6.07, 6.45) is 4.85. The summed E-state index contributed by atoms with van der Waals surface area (Å²) in [4.78, 5) is 41.7. The van der Waals surface area contributed by atoms with Crippen molar-refractivity contribution in [3.63, 3.8) is 0 Å². The zero-order valence-electron chi connectivity index (χ0n) is 27.6. The Morgan fingerprint density at radius 1 is 1.15 bits per heavy atom. The lowest BCUT2D eigenvalue weighted by molar-refractivity contribution is -0.146. The molecule has 0 radical (unpaired) electrons. The maximum atomic E-state index is 16.3. The lowest BCUT2D eigenvalue weighted by Crippen LogP contribution is -2.45. The quantitative estimate of drug-likeness (QED) is 0.102. The average molecular weight is 677 g/mol. The molecule has 4 heterocycles. The Balaban J connectivity index is 1.40. The van der Waals surface area contributed by atoms with Crippen molar-refractivity contribution >= 4 is 36.7 Å². The zero-order valence-corrected chi connectivity index (χ0v) is 28.6. The summed E-state index contributed by atoms with van der Waals surface area (Å²) < 4.78 is 31.0. The van der Waals surface area contributed by atoms with Crippen LogP contribution in [0.3, 0.4) is 0 Å². The highest BCUT2D eigenvalue weighted by atomic mass is 28.4. The topological polar surface area (TPSA) is 142 Å². The molecular weight excluding hydrogens is 635 g/mol. The van der Waals surface area contributed by atoms with Gasteiger partial charge >= 0.3 is 5.97 Å². The second kappa shape index (κ2) is 13.3. The Hall–Kier alpha value is -4.27. The zero-order chi connectivity index (χ0) is 34.2. The number of hydrogen-bond acceptors (Lipinski definition) is 9. The van der Waals surface area contributed by atoms with E-state index in [0.717, 1.165) is 0 Å². The van der Waals surface area contributed by atoms with Crippen LogP contribution in [0, 0.1) is 5.92 Å². The first-order chi connectivity index (χ1) is 23.0. The maximum absolute atomic E-state index is 16.3. The van der Waals surface area contributed by atoms with Crippen molar-refractivity contribution in [2.75, 3.05) is 25.2 Å². The van der Waals surface area contributed by atoms with Gasteiger partial charge in [0.05, 0.1) is 41.9 Å². The third-order valence-corrected chi connectivity index (χ3v) is 12.2. The van der Waals surface area contributed by atoms with Crippen molar-refractivity contribution in [1.29, 1.82) is 0 Å². The average Bonchev–Trinajstić information content (AvgIpc) is 3.71. The number of anilines is 1. The summed E-state index contributed by atoms with van der Waals surface area (Å²) in [5, 5.41) is 23.2. The molecule has 0 bridgehead atoms. The number of carbonyl (C=O) groups is 2. The van der Waals surface area contributed by atoms with E-state index in [4.69, 9.17) is 9.47 Å². The van der Waals surface area contributed by atoms with Gasteiger partial charge in [-0.2, -0.15) is 9.78 Å². The Kier molecular flexibility index (Phi) is 9.33. The Labute approximate surface area is 278 Å². The van der Waals surface area contributed by atoms with E-state index >= 15 is 4.11 Å². The van der Waals surface area contributed by atoms with E-state index in [2.05, 4.69) is 15.4 Å². The molecule has 1 saturated heterocycles. The van der Waals surface area contributed by atoms with Crippen LogP contribution in [0.2, 0.25) is 18.6 Å². The van der Waals surface area contributed by atoms with E-state index in [9.17, 15) is 19.5 Å². The Bertz CT molecular complexity index is 1890. The highest BCUT2D eigenvalue weighted by Gasteiger charge is 2.66. The van der Waals surface area contributed by atoms with E-state index in [-0.39, 0.29) is 30.5 Å². The minimum Gasteiger partial charge on any atom is -0.469 e. The summed E-state index contributed by atoms with van der Waals surface area (Å²) in [6, 6.07) is 12.6. The van der Waals surface area contributed by atoms with Gasteiger partial charge in [-0.1, -0.05) is 30.3 Å². The second-order valence-corrected chi connectivity index (χ2v) is 16.9. The standard InChI is InChI=1S/C34H41FN6O6Si/c1-22-31(48(3,4)35)29(14-17-39-21-24(15-18-42)37-38-39)47-34(22)27-19-25(41-32(44)26-10-6-5-9-23(26)20-36-41)12-13-28(27)40(33(34)45)16-8-7-11-30(43)46-2/h5-6,9-10,12-13,19-22,29,31,42H,7-8,11,14-18H2,1-4H3/t22-,29+,31-,34+/m0/s1. The number of aryl methyl sites for hydroxylation is 1. The number of aliphatic hydroxyl groups is 1. The van der Waals surface area contributed by atoms with Gasteiger partial charge in [0.1, 0.15) is 0 Å². The van der Waals surface area contributed by atoms with Gasteiger partial charge in [-0.15, -0.1) is 5.10 Å². The molecule has 4 atom stereocenters. The molecule has 1 spiro atoms. The maximum Gasteiger partial charge on any atom is 0.305 e. The Morgan fingerprint density at radius 2 is 1.94 bits per heavy atom. The number of aromatic nitrogens is 5. The van der Waals surface area contributed by atoms with Crippen LogP contribution in [-0.4, -0.2) is 76.5 Å². The van der Waals surface area contributed by atoms with E-state index in [1.807, 2.05) is 19.1 Å². The number of amides is 1. The van der Waals surface area contributed by atoms with Crippen LogP contribution < -0.4 is 10.5 Å². The molecular formula is C34H41FN6O6Si. The van der Waals surface area contributed by atoms with Gasteiger partial charge in [-0.05, 0) is 56.6 Å². The van der Waals surface area contributed by atoms with E-state index < -0.39 is 31.6 Å². The molecule has 2 aromatic carbocycles. The number of methoxy groups -OCH3 is 1. The van der Waals surface area contributed by atoms with Crippen LogP contribution in [0.1, 0.15) is 43.9 Å². The fourth-order valence-corrected chi connectivity index (χ4v) is 10.1. The molecule has 14 heteroatoms. The van der Waals surface area contributed by atoms with Crippen molar-refractivity contribution in [1.82, 2.24) is 24.8 Å². The number of rotatable bonds is 12. The lowest BCUT2D eigenvalue weighted by Gasteiger charge is -2.31. The fraction of sp³-hybridized carbons (Fsp3) is 0.471. The normalized spacial score (nSPS) is 22.2. The molecule has 48 heavy (non-hydrogen) atoms. The summed E-state index contributed by atoms with van der Waals surface area (Å²) in [5.41, 5.74) is 0.000863. The third-order valence-electron chi connectivity index (χ3n) is 9.72. The molecule has 1 N–H and O–H groups in total. The van der Waals surface area contributed by atoms with Crippen LogP contribution in [0.4, 0.5) is 9.80 Å². The third kappa shape index (κ3) is 5.96. The van der Waals surface area contributed by atoms with Crippen molar-refractivity contribution in [3.8, 4) is 5.69 Å². The van der Waals surface area contributed by atoms with Crippen LogP contribution in [0.25, 0.3) is 16.5 Å². The highest BCUT2D eigenvalue weighted by Crippen LogP contribution is 2.60. The molecule has 0 saturated carbocycles. The van der Waals surface area contributed by atoms with Gasteiger partial charge in [0, 0.05) is 61.1 Å². The number of aliphatic hydroxyl groups excluding tert-OH is 1. The molecule has 2 aliphatic heterocycles. The number of carbonyl (C=O) groups excluding carboxylic acids is 2. The van der Waals surface area contributed by atoms with E-state index in [1.54, 1.807) is 65.4 Å². The molecule has 2 aromatic heterocycles. The largest absolute Gasteiger partial charge is 0.469 e. The minimum atomic E-state index is -3.42. The minimum absolute atomic E-state index is 0.0439. The van der Waals surface area contributed by atoms with Crippen LogP contribution >= 0.6 is 0 Å². The molecule has 6 rings (SSSR count). The highest BCUT2D eigenvalue weighted by molar-refractivity contribution is 6.72. The van der Waals surface area contributed by atoms with Gasteiger partial charge < -0.3 is 23.6 Å². The first kappa shape index (κ1) is 33.6. The van der Waals surface area contributed by atoms with Gasteiger partial charge in [0.15, 0.2) is 5.60 Å². The molecule has 1 amide bonds. The van der Waals surface area contributed by atoms with Crippen LogP contribution in [0.5, 0.6) is 0 Å². The smallest absolute Gasteiger partial charge is 0.305 e. The van der Waals surface area contributed by atoms with E-state index in [1.165, 1.54) is 11.8 Å². The predicted molar refractivity (Wildman–Crippen MR) is 179 cm³/mol. The van der Waals surface area contributed by atoms with Crippen LogP contribution in [0.15, 0.2) is 59.7 Å². The van der Waals surface area contributed by atoms with Crippen molar-refractivity contribution < 1.29 is 28.3 Å². The molecule has 254 valence electrons. The van der Waals surface area contributed by atoms with E-state index in [0.29, 0.717) is 72.2 Å². The predicted octanol–water partition coefficient (Wildman–Crippen LogP) is 4.07. The SMILES string of the molecule is COC(=O)CCCCN1C(=O)[C@]2(O[C@H](CCn3cc(CCO)nn3)[C@@H]([Si](C)(C)F)[C@@H]2C)c2cc(-n3ncc4ccccc4c3=O)ccc21. The van der Waals surface area contributed by atoms with Gasteiger partial charge in [-0.3, -0.25) is 19.1 Å². The second-order valence-electron chi connectivity index (χ2n) is 13.1. The lowest BCUT2D eigenvalue weighted by atomic mass is 9.82. The molecule has 0 unspecified atom stereocenters. The number of ether oxygens (including phenoxy) is 2. The summed E-state index contributed by atoms with van der Waals surface area (Å²) in [7, 11) is -2.08. The van der Waals surface area contributed by atoms with Crippen molar-refractivity contribution in [3.05, 3.63) is 76.5 Å². The fourth-order valence-electron chi connectivity index (χ4n) is 7.51. The monoisotopic (exact) mass is 676 g/mol. The molecule has 2 aliphatic rings.